The van der Waals surface area contributed by atoms with Gasteiger partial charge in [-0.3, -0.25) is 4.79 Å². The lowest BCUT2D eigenvalue weighted by Crippen LogP contribution is -2.17. The van der Waals surface area contributed by atoms with Crippen LogP contribution in [0.2, 0.25) is 0 Å². The molecule has 0 unspecified atom stereocenters. The summed E-state index contributed by atoms with van der Waals surface area (Å²) in [5.41, 5.74) is 8.33. The van der Waals surface area contributed by atoms with Gasteiger partial charge in [0.2, 0.25) is 0 Å². The first kappa shape index (κ1) is 16.8. The third-order valence-corrected chi connectivity index (χ3v) is 4.48. The molecule has 0 atom stereocenters. The van der Waals surface area contributed by atoms with Crippen LogP contribution in [0, 0.1) is 6.92 Å². The molecule has 3 aromatic carbocycles. The Hall–Kier alpha value is -3.66. The number of carbonyl (C=O) groups excluding carboxylic acids is 1. The zero-order valence-corrected chi connectivity index (χ0v) is 14.9. The molecule has 0 saturated carbocycles. The summed E-state index contributed by atoms with van der Waals surface area (Å²) in [4.78, 5) is 15.7. The summed E-state index contributed by atoms with van der Waals surface area (Å²) in [5.74, 6) is -0.229. The predicted molar refractivity (Wildman–Crippen MR) is 110 cm³/mol. The Morgan fingerprint density at radius 3 is 2.41 bits per heavy atom. The van der Waals surface area contributed by atoms with Crippen molar-refractivity contribution >= 4 is 23.0 Å². The molecule has 0 radical (unpaired) electrons. The molecule has 132 valence electrons. The lowest BCUT2D eigenvalue weighted by molar-refractivity contribution is 0.0955. The van der Waals surface area contributed by atoms with Gasteiger partial charge in [0, 0.05) is 22.0 Å². The first-order valence-corrected chi connectivity index (χ1v) is 8.78. The monoisotopic (exact) mass is 353 g/mol. The number of rotatable bonds is 4. The Labute approximate surface area is 157 Å². The predicted octanol–water partition coefficient (Wildman–Crippen LogP) is 4.91. The first-order valence-electron chi connectivity index (χ1n) is 8.78. The van der Waals surface area contributed by atoms with E-state index >= 15 is 0 Å². The van der Waals surface area contributed by atoms with Gasteiger partial charge >= 0.3 is 0 Å². The number of hydrazone groups is 1. The number of hydrogen-bond acceptors (Lipinski definition) is 2. The number of aromatic nitrogens is 1. The fraction of sp³-hybridized carbons (Fsp3) is 0.0435. The van der Waals surface area contributed by atoms with Gasteiger partial charge in [0.05, 0.1) is 11.9 Å². The molecule has 0 aliphatic heterocycles. The minimum absolute atomic E-state index is 0.229. The Morgan fingerprint density at radius 1 is 0.926 bits per heavy atom. The van der Waals surface area contributed by atoms with Gasteiger partial charge in [-0.2, -0.15) is 5.10 Å². The van der Waals surface area contributed by atoms with Crippen molar-refractivity contribution in [3.05, 3.63) is 95.6 Å². The molecular weight excluding hydrogens is 334 g/mol. The molecule has 0 aliphatic rings. The van der Waals surface area contributed by atoms with Crippen LogP contribution in [0.4, 0.5) is 0 Å². The molecule has 0 spiro atoms. The summed E-state index contributed by atoms with van der Waals surface area (Å²) in [6.45, 7) is 1.99. The standard InChI is InChI=1S/C23H19N3O/c1-16-11-13-18(14-12-16)23(27)26-24-15-20-19-9-5-6-10-21(19)25-22(20)17-7-3-2-4-8-17/h2-15,25H,1H3,(H,26,27)/b24-15+. The highest BCUT2D eigenvalue weighted by Gasteiger charge is 2.11. The molecule has 0 bridgehead atoms. The topological polar surface area (TPSA) is 57.2 Å². The molecule has 1 heterocycles. The number of aromatic amines is 1. The number of carbonyl (C=O) groups is 1. The molecule has 1 amide bonds. The number of amides is 1. The molecule has 1 aromatic heterocycles. The Morgan fingerprint density at radius 2 is 1.63 bits per heavy atom. The van der Waals surface area contributed by atoms with Gasteiger partial charge in [-0.1, -0.05) is 66.2 Å². The normalized spacial score (nSPS) is 11.1. The average molecular weight is 353 g/mol. The Bertz CT molecular complexity index is 1110. The average Bonchev–Trinajstić information content (AvgIpc) is 3.08. The molecule has 4 nitrogen and oxygen atoms in total. The second-order valence-corrected chi connectivity index (χ2v) is 6.39. The summed E-state index contributed by atoms with van der Waals surface area (Å²) in [6.07, 6.45) is 1.70. The molecule has 0 aliphatic carbocycles. The van der Waals surface area contributed by atoms with Crippen molar-refractivity contribution in [1.82, 2.24) is 10.4 Å². The van der Waals surface area contributed by atoms with Gasteiger partial charge in [0.25, 0.3) is 5.91 Å². The van der Waals surface area contributed by atoms with Crippen LogP contribution in [0.15, 0.2) is 84.0 Å². The molecular formula is C23H19N3O. The maximum Gasteiger partial charge on any atom is 0.271 e. The van der Waals surface area contributed by atoms with Crippen LogP contribution in [-0.2, 0) is 0 Å². The zero-order chi connectivity index (χ0) is 18.6. The molecule has 4 rings (SSSR count). The van der Waals surface area contributed by atoms with Crippen LogP contribution in [0.1, 0.15) is 21.5 Å². The fourth-order valence-electron chi connectivity index (χ4n) is 3.06. The van der Waals surface area contributed by atoms with E-state index in [0.717, 1.165) is 33.3 Å². The van der Waals surface area contributed by atoms with E-state index in [1.807, 2.05) is 73.7 Å². The quantitative estimate of drug-likeness (QED) is 0.398. The molecule has 27 heavy (non-hydrogen) atoms. The van der Waals surface area contributed by atoms with Crippen molar-refractivity contribution in [2.75, 3.05) is 0 Å². The summed E-state index contributed by atoms with van der Waals surface area (Å²) in [6, 6.07) is 25.6. The van der Waals surface area contributed by atoms with Gasteiger partial charge in [-0.15, -0.1) is 0 Å². The largest absolute Gasteiger partial charge is 0.354 e. The minimum Gasteiger partial charge on any atom is -0.354 e. The molecule has 0 saturated heterocycles. The van der Waals surface area contributed by atoms with Crippen molar-refractivity contribution in [3.63, 3.8) is 0 Å². The zero-order valence-electron chi connectivity index (χ0n) is 14.9. The maximum atomic E-state index is 12.3. The van der Waals surface area contributed by atoms with E-state index in [1.165, 1.54) is 0 Å². The highest BCUT2D eigenvalue weighted by molar-refractivity contribution is 6.06. The second-order valence-electron chi connectivity index (χ2n) is 6.39. The first-order chi connectivity index (χ1) is 13.2. The van der Waals surface area contributed by atoms with Gasteiger partial charge in [-0.05, 0) is 30.7 Å². The molecule has 4 heteroatoms. The Balaban J connectivity index is 1.65. The summed E-state index contributed by atoms with van der Waals surface area (Å²) in [5, 5.41) is 5.26. The number of H-pyrrole nitrogens is 1. The highest BCUT2D eigenvalue weighted by Crippen LogP contribution is 2.28. The van der Waals surface area contributed by atoms with Crippen molar-refractivity contribution in [2.45, 2.75) is 6.92 Å². The van der Waals surface area contributed by atoms with Crippen LogP contribution in [0.5, 0.6) is 0 Å². The third-order valence-electron chi connectivity index (χ3n) is 4.48. The van der Waals surface area contributed by atoms with E-state index in [9.17, 15) is 4.79 Å². The van der Waals surface area contributed by atoms with E-state index in [1.54, 1.807) is 18.3 Å². The van der Waals surface area contributed by atoms with Crippen LogP contribution in [-0.4, -0.2) is 17.1 Å². The van der Waals surface area contributed by atoms with Gasteiger partial charge < -0.3 is 4.98 Å². The summed E-state index contributed by atoms with van der Waals surface area (Å²) < 4.78 is 0. The van der Waals surface area contributed by atoms with Crippen molar-refractivity contribution in [3.8, 4) is 11.3 Å². The number of aryl methyl sites for hydroxylation is 1. The van der Waals surface area contributed by atoms with Crippen molar-refractivity contribution < 1.29 is 4.79 Å². The van der Waals surface area contributed by atoms with Crippen molar-refractivity contribution in [1.29, 1.82) is 0 Å². The van der Waals surface area contributed by atoms with Crippen LogP contribution in [0.25, 0.3) is 22.2 Å². The van der Waals surface area contributed by atoms with E-state index in [2.05, 4.69) is 15.5 Å². The van der Waals surface area contributed by atoms with E-state index in [4.69, 9.17) is 0 Å². The van der Waals surface area contributed by atoms with Gasteiger partial charge in [0.1, 0.15) is 0 Å². The molecule has 2 N–H and O–H groups in total. The fourth-order valence-corrected chi connectivity index (χ4v) is 3.06. The lowest BCUT2D eigenvalue weighted by Gasteiger charge is -2.02. The molecule has 0 fully saturated rings. The maximum absolute atomic E-state index is 12.3. The number of fused-ring (bicyclic) bond motifs is 1. The number of nitrogens with one attached hydrogen (secondary N) is 2. The van der Waals surface area contributed by atoms with E-state index in [0.29, 0.717) is 5.56 Å². The van der Waals surface area contributed by atoms with Crippen molar-refractivity contribution in [2.24, 2.45) is 5.10 Å². The van der Waals surface area contributed by atoms with E-state index < -0.39 is 0 Å². The van der Waals surface area contributed by atoms with Crippen LogP contribution in [0.3, 0.4) is 0 Å². The van der Waals surface area contributed by atoms with Gasteiger partial charge in [-0.25, -0.2) is 5.43 Å². The molecule has 4 aromatic rings. The second kappa shape index (κ2) is 7.30. The van der Waals surface area contributed by atoms with Gasteiger partial charge in [0.15, 0.2) is 0 Å². The Kier molecular flexibility index (Phi) is 4.54. The smallest absolute Gasteiger partial charge is 0.271 e. The minimum atomic E-state index is -0.229. The number of benzene rings is 3. The highest BCUT2D eigenvalue weighted by atomic mass is 16.2. The van der Waals surface area contributed by atoms with Crippen LogP contribution < -0.4 is 5.43 Å². The van der Waals surface area contributed by atoms with E-state index in [-0.39, 0.29) is 5.91 Å². The van der Waals surface area contributed by atoms with Crippen LogP contribution >= 0.6 is 0 Å². The SMILES string of the molecule is Cc1ccc(C(=O)N/N=C/c2c(-c3ccccc3)[nH]c3ccccc23)cc1. The summed E-state index contributed by atoms with van der Waals surface area (Å²) >= 11 is 0. The lowest BCUT2D eigenvalue weighted by atomic mass is 10.1. The number of hydrogen-bond donors (Lipinski definition) is 2. The third kappa shape index (κ3) is 3.51. The number of nitrogens with zero attached hydrogens (tertiary/aromatic N) is 1. The number of para-hydroxylation sites is 1. The summed E-state index contributed by atoms with van der Waals surface area (Å²) in [7, 11) is 0.